The molecule has 0 radical (unpaired) electrons. The summed E-state index contributed by atoms with van der Waals surface area (Å²) in [6.45, 7) is 0.459. The Balaban J connectivity index is 1.90. The van der Waals surface area contributed by atoms with Gasteiger partial charge in [-0.25, -0.2) is 0 Å². The molecule has 0 aliphatic rings. The fraction of sp³-hybridized carbons (Fsp3) is 0.344. The molecule has 266 valence electrons. The molecular weight excluding hydrogens is 743 g/mol. The molecule has 0 aliphatic carbocycles. The molecule has 4 N–H and O–H groups in total. The van der Waals surface area contributed by atoms with E-state index in [2.05, 4.69) is 10.6 Å². The van der Waals surface area contributed by atoms with Crippen molar-refractivity contribution in [1.82, 2.24) is 16.0 Å². The van der Waals surface area contributed by atoms with Crippen LogP contribution in [0.4, 0.5) is 22.0 Å². The molecule has 0 fully saturated rings. The lowest BCUT2D eigenvalue weighted by Crippen LogP contribution is -2.58. The van der Waals surface area contributed by atoms with E-state index in [1.165, 1.54) is 56.3 Å². The molecule has 0 spiro atoms. The molecule has 2 unspecified atom stereocenters. The molecule has 0 saturated heterocycles. The van der Waals surface area contributed by atoms with Crippen LogP contribution in [0.25, 0.3) is 0 Å². The van der Waals surface area contributed by atoms with E-state index in [4.69, 9.17) is 51.1 Å². The number of hydrogen-bond acceptors (Lipinski definition) is 6. The number of nitrogens with one attached hydrogen (secondary N) is 3. The number of halogens is 9. The number of rotatable bonds is 15. The van der Waals surface area contributed by atoms with Crippen LogP contribution in [0.15, 0.2) is 66.7 Å². The zero-order valence-corrected chi connectivity index (χ0v) is 28.7. The highest BCUT2D eigenvalue weighted by atomic mass is 35.5. The monoisotopic (exact) mass is 771 g/mol. The van der Waals surface area contributed by atoms with Gasteiger partial charge in [-0.15, -0.1) is 0 Å². The summed E-state index contributed by atoms with van der Waals surface area (Å²) in [4.78, 5) is 38.4. The normalized spacial score (nSPS) is 14.5. The van der Waals surface area contributed by atoms with E-state index in [0.29, 0.717) is 16.3 Å². The largest absolute Gasteiger partial charge is 0.486 e. The molecule has 0 aliphatic heterocycles. The van der Waals surface area contributed by atoms with Crippen LogP contribution in [0, 0.1) is 5.92 Å². The van der Waals surface area contributed by atoms with Gasteiger partial charge in [-0.3, -0.25) is 19.7 Å². The highest BCUT2D eigenvalue weighted by Gasteiger charge is 2.52. The molecule has 3 aromatic carbocycles. The van der Waals surface area contributed by atoms with Crippen LogP contribution in [0.5, 0.6) is 5.75 Å². The average molecular weight is 773 g/mol. The number of Topliss-reactive ketones (excluding diaryl/α,β-unsaturated/α-hetero) is 1. The summed E-state index contributed by atoms with van der Waals surface area (Å²) in [6, 6.07) is 13.1. The highest BCUT2D eigenvalue weighted by molar-refractivity contribution is 6.42. The number of carbonyl (C=O) groups excluding carboxylic acids is 3. The van der Waals surface area contributed by atoms with Crippen molar-refractivity contribution in [3.8, 4) is 5.75 Å². The first kappa shape index (κ1) is 40.2. The third-order valence-corrected chi connectivity index (χ3v) is 8.17. The number of carbonyl (C=O) groups is 3. The van der Waals surface area contributed by atoms with Gasteiger partial charge in [-0.05, 0) is 59.5 Å². The van der Waals surface area contributed by atoms with Gasteiger partial charge in [0.2, 0.25) is 11.7 Å². The van der Waals surface area contributed by atoms with Gasteiger partial charge in [-0.2, -0.15) is 22.0 Å². The SMILES string of the molecule is CC(C)[C@H](NC(=O)[C@@H](NC(O)CC(Oc1cccc(Cl)c1)c1ccc(Cl)c(Cl)c1)c1ccc(Cl)cc1)C(=O)C(F)(F)C(=O)NCC(F)(F)F. The highest BCUT2D eigenvalue weighted by Crippen LogP contribution is 2.32. The van der Waals surface area contributed by atoms with Gasteiger partial charge in [0.25, 0.3) is 5.91 Å². The molecule has 0 saturated carbocycles. The third-order valence-electron chi connectivity index (χ3n) is 6.94. The summed E-state index contributed by atoms with van der Waals surface area (Å²) in [5.41, 5.74) is 0.645. The first-order chi connectivity index (χ1) is 22.8. The van der Waals surface area contributed by atoms with Crippen molar-refractivity contribution in [2.24, 2.45) is 5.92 Å². The van der Waals surface area contributed by atoms with Crippen LogP contribution in [0.2, 0.25) is 20.1 Å². The van der Waals surface area contributed by atoms with Crippen LogP contribution in [-0.4, -0.2) is 53.6 Å². The molecular formula is C32H30Cl4F5N3O5. The van der Waals surface area contributed by atoms with Gasteiger partial charge in [0.1, 0.15) is 30.7 Å². The Morgan fingerprint density at radius 1 is 0.837 bits per heavy atom. The Bertz CT molecular complexity index is 1630. The van der Waals surface area contributed by atoms with E-state index < -0.39 is 66.6 Å². The topological polar surface area (TPSA) is 117 Å². The summed E-state index contributed by atoms with van der Waals surface area (Å²) in [6.07, 6.45) is -7.75. The molecule has 17 heteroatoms. The van der Waals surface area contributed by atoms with Crippen molar-refractivity contribution in [1.29, 1.82) is 0 Å². The van der Waals surface area contributed by atoms with E-state index in [0.717, 1.165) is 5.32 Å². The molecule has 0 aromatic heterocycles. The molecule has 4 atom stereocenters. The summed E-state index contributed by atoms with van der Waals surface area (Å²) in [5, 5.41) is 18.2. The summed E-state index contributed by atoms with van der Waals surface area (Å²) in [7, 11) is 0. The Hall–Kier alpha value is -3.20. The second-order valence-corrected chi connectivity index (χ2v) is 12.8. The number of hydrogen-bond donors (Lipinski definition) is 4. The van der Waals surface area contributed by atoms with Crippen molar-refractivity contribution in [2.75, 3.05) is 6.54 Å². The number of aliphatic hydroxyl groups excluding tert-OH is 1. The predicted molar refractivity (Wildman–Crippen MR) is 175 cm³/mol. The molecule has 8 nitrogen and oxygen atoms in total. The van der Waals surface area contributed by atoms with Crippen molar-refractivity contribution >= 4 is 64.0 Å². The second-order valence-electron chi connectivity index (χ2n) is 11.1. The van der Waals surface area contributed by atoms with Crippen LogP contribution < -0.4 is 20.7 Å². The molecule has 3 aromatic rings. The van der Waals surface area contributed by atoms with Gasteiger partial charge >= 0.3 is 12.1 Å². The minimum Gasteiger partial charge on any atom is -0.486 e. The average Bonchev–Trinajstić information content (AvgIpc) is 3.01. The quantitative estimate of drug-likeness (QED) is 0.0724. The Morgan fingerprint density at radius 2 is 1.47 bits per heavy atom. The number of amides is 2. The zero-order valence-electron chi connectivity index (χ0n) is 25.6. The fourth-order valence-electron chi connectivity index (χ4n) is 4.48. The minimum absolute atomic E-state index is 0.174. The van der Waals surface area contributed by atoms with Gasteiger partial charge in [0.15, 0.2) is 0 Å². The maximum absolute atomic E-state index is 14.8. The van der Waals surface area contributed by atoms with Crippen molar-refractivity contribution < 1.29 is 46.2 Å². The van der Waals surface area contributed by atoms with Gasteiger partial charge < -0.3 is 20.5 Å². The lowest BCUT2D eigenvalue weighted by atomic mass is 9.94. The van der Waals surface area contributed by atoms with Crippen LogP contribution in [0.1, 0.15) is 43.5 Å². The number of benzene rings is 3. The summed E-state index contributed by atoms with van der Waals surface area (Å²) >= 11 is 24.4. The first-order valence-electron chi connectivity index (χ1n) is 14.4. The Morgan fingerprint density at radius 3 is 2.04 bits per heavy atom. The van der Waals surface area contributed by atoms with E-state index in [1.807, 2.05) is 0 Å². The van der Waals surface area contributed by atoms with E-state index in [-0.39, 0.29) is 27.1 Å². The molecule has 0 heterocycles. The summed E-state index contributed by atoms with van der Waals surface area (Å²) in [5.74, 6) is -11.4. The van der Waals surface area contributed by atoms with Crippen molar-refractivity contribution in [2.45, 2.75) is 56.8 Å². The van der Waals surface area contributed by atoms with E-state index in [9.17, 15) is 41.4 Å². The van der Waals surface area contributed by atoms with Gasteiger partial charge in [0.05, 0.1) is 16.1 Å². The third kappa shape index (κ3) is 11.7. The zero-order chi connectivity index (χ0) is 36.7. The van der Waals surface area contributed by atoms with Crippen LogP contribution in [0.3, 0.4) is 0 Å². The second kappa shape index (κ2) is 17.1. The standard InChI is InChI=1S/C32H30Cl4F5N3O5/c1-16(2)26(28(46)32(40,41)30(48)42-15-31(37,38)39)44-29(47)27(17-6-9-19(33)10-7-17)43-25(45)14-24(18-8-11-22(35)23(36)12-18)49-21-5-3-4-20(34)13-21/h3-13,16,24-27,43,45H,14-15H2,1-2H3,(H,42,48)(H,44,47)/t24?,25?,26-,27-/m0/s1. The maximum Gasteiger partial charge on any atom is 0.405 e. The molecule has 0 bridgehead atoms. The Labute approximate surface area is 298 Å². The lowest BCUT2D eigenvalue weighted by molar-refractivity contribution is -0.165. The summed E-state index contributed by atoms with van der Waals surface area (Å²) < 4.78 is 73.2. The van der Waals surface area contributed by atoms with Crippen molar-refractivity contribution in [3.63, 3.8) is 0 Å². The molecule has 49 heavy (non-hydrogen) atoms. The number of ketones is 1. The van der Waals surface area contributed by atoms with Crippen molar-refractivity contribution in [3.05, 3.63) is 97.9 Å². The number of aliphatic hydroxyl groups is 1. The smallest absolute Gasteiger partial charge is 0.405 e. The fourth-order valence-corrected chi connectivity index (χ4v) is 5.09. The molecule has 3 rings (SSSR count). The minimum atomic E-state index is -5.02. The lowest BCUT2D eigenvalue weighted by Gasteiger charge is -2.29. The van der Waals surface area contributed by atoms with Gasteiger partial charge in [0, 0.05) is 16.5 Å². The maximum atomic E-state index is 14.8. The number of alkyl halides is 5. The first-order valence-corrected chi connectivity index (χ1v) is 15.9. The Kier molecular flexibility index (Phi) is 14.1. The van der Waals surface area contributed by atoms with E-state index in [1.54, 1.807) is 24.3 Å². The number of ether oxygens (including phenoxy) is 1. The van der Waals surface area contributed by atoms with Crippen LogP contribution in [-0.2, 0) is 14.4 Å². The predicted octanol–water partition coefficient (Wildman–Crippen LogP) is 7.48. The molecule has 2 amide bonds. The van der Waals surface area contributed by atoms with Gasteiger partial charge in [-0.1, -0.05) is 84.5 Å². The van der Waals surface area contributed by atoms with E-state index >= 15 is 0 Å². The van der Waals surface area contributed by atoms with Crippen LogP contribution >= 0.6 is 46.4 Å².